The molecule has 1 N–H and O–H groups in total. The van der Waals surface area contributed by atoms with Gasteiger partial charge in [0.1, 0.15) is 6.61 Å². The summed E-state index contributed by atoms with van der Waals surface area (Å²) in [5, 5.41) is 2.83. The molecule has 0 saturated carbocycles. The van der Waals surface area contributed by atoms with Crippen LogP contribution in [0.25, 0.3) is 0 Å². The van der Waals surface area contributed by atoms with E-state index < -0.39 is 0 Å². The van der Waals surface area contributed by atoms with Gasteiger partial charge in [-0.3, -0.25) is 4.79 Å². The quantitative estimate of drug-likeness (QED) is 0.531. The van der Waals surface area contributed by atoms with Crippen LogP contribution in [0.1, 0.15) is 40.0 Å². The van der Waals surface area contributed by atoms with Crippen LogP contribution in [0, 0.1) is 17.8 Å². The highest BCUT2D eigenvalue weighted by atomic mass is 16.5. The van der Waals surface area contributed by atoms with Crippen LogP contribution in [0.3, 0.4) is 0 Å². The highest BCUT2D eigenvalue weighted by Gasteiger charge is 2.10. The Kier molecular flexibility index (Phi) is 7.66. The molecule has 0 fully saturated rings. The summed E-state index contributed by atoms with van der Waals surface area (Å²) in [6.07, 6.45) is 7.57. The van der Waals surface area contributed by atoms with Gasteiger partial charge in [-0.25, -0.2) is 0 Å². The molecule has 0 aromatic carbocycles. The molecular formula is C13H23NO2. The number of hydrogen-bond acceptors (Lipinski definition) is 2. The van der Waals surface area contributed by atoms with E-state index in [0.29, 0.717) is 19.6 Å². The third-order valence-corrected chi connectivity index (χ3v) is 2.04. The molecule has 0 rings (SSSR count). The van der Waals surface area contributed by atoms with Crippen LogP contribution >= 0.6 is 0 Å². The number of terminal acetylenes is 1. The van der Waals surface area contributed by atoms with Crippen LogP contribution in [-0.4, -0.2) is 25.7 Å². The molecule has 0 atom stereocenters. The van der Waals surface area contributed by atoms with Gasteiger partial charge in [-0.05, 0) is 18.3 Å². The fourth-order valence-electron chi connectivity index (χ4n) is 1.07. The van der Waals surface area contributed by atoms with Crippen molar-refractivity contribution in [2.45, 2.75) is 40.0 Å². The Hall–Kier alpha value is -1.01. The molecule has 16 heavy (non-hydrogen) atoms. The smallest absolute Gasteiger partial charge is 0.245 e. The molecule has 0 aliphatic heterocycles. The fourth-order valence-corrected chi connectivity index (χ4v) is 1.07. The Morgan fingerprint density at radius 2 is 2.12 bits per heavy atom. The molecular weight excluding hydrogens is 202 g/mol. The standard InChI is InChI=1S/C13H23NO2/c1-5-6-7-10-16-11-12(15)14-9-8-13(2,3)4/h1H,6-11H2,2-4H3,(H,14,15). The lowest BCUT2D eigenvalue weighted by Crippen LogP contribution is -2.30. The zero-order valence-electron chi connectivity index (χ0n) is 10.6. The summed E-state index contributed by atoms with van der Waals surface area (Å²) >= 11 is 0. The Bertz CT molecular complexity index is 235. The first-order valence-corrected chi connectivity index (χ1v) is 5.73. The third-order valence-electron chi connectivity index (χ3n) is 2.04. The van der Waals surface area contributed by atoms with Crippen molar-refractivity contribution < 1.29 is 9.53 Å². The summed E-state index contributed by atoms with van der Waals surface area (Å²) in [6, 6.07) is 0. The molecule has 0 spiro atoms. The maximum atomic E-state index is 11.3. The van der Waals surface area contributed by atoms with Crippen LogP contribution in [0.15, 0.2) is 0 Å². The van der Waals surface area contributed by atoms with Crippen molar-refractivity contribution in [3.8, 4) is 12.3 Å². The van der Waals surface area contributed by atoms with E-state index in [2.05, 4.69) is 32.0 Å². The molecule has 0 bridgehead atoms. The van der Waals surface area contributed by atoms with Crippen molar-refractivity contribution in [1.29, 1.82) is 0 Å². The summed E-state index contributed by atoms with van der Waals surface area (Å²) < 4.78 is 5.17. The molecule has 0 radical (unpaired) electrons. The second kappa shape index (κ2) is 8.18. The molecule has 0 aliphatic carbocycles. The van der Waals surface area contributed by atoms with E-state index in [1.165, 1.54) is 0 Å². The maximum Gasteiger partial charge on any atom is 0.245 e. The Morgan fingerprint density at radius 3 is 2.69 bits per heavy atom. The Balaban J connectivity index is 3.36. The number of ether oxygens (including phenoxy) is 1. The average Bonchev–Trinajstić information content (AvgIpc) is 2.15. The molecule has 3 heteroatoms. The van der Waals surface area contributed by atoms with Gasteiger partial charge in [-0.2, -0.15) is 0 Å². The van der Waals surface area contributed by atoms with E-state index in [0.717, 1.165) is 12.8 Å². The number of unbranched alkanes of at least 4 members (excludes halogenated alkanes) is 1. The third kappa shape index (κ3) is 11.1. The normalized spacial score (nSPS) is 10.9. The first kappa shape index (κ1) is 15.0. The van der Waals surface area contributed by atoms with Gasteiger partial charge in [-0.15, -0.1) is 12.3 Å². The topological polar surface area (TPSA) is 38.3 Å². The molecule has 0 unspecified atom stereocenters. The van der Waals surface area contributed by atoms with Crippen LogP contribution < -0.4 is 5.32 Å². The minimum atomic E-state index is -0.0510. The van der Waals surface area contributed by atoms with E-state index in [4.69, 9.17) is 11.2 Å². The van der Waals surface area contributed by atoms with Gasteiger partial charge in [0.2, 0.25) is 5.91 Å². The van der Waals surface area contributed by atoms with E-state index in [9.17, 15) is 4.79 Å². The van der Waals surface area contributed by atoms with Gasteiger partial charge in [0.15, 0.2) is 0 Å². The number of carbonyl (C=O) groups excluding carboxylic acids is 1. The predicted molar refractivity (Wildman–Crippen MR) is 66.0 cm³/mol. The number of nitrogens with one attached hydrogen (secondary N) is 1. The Morgan fingerprint density at radius 1 is 1.44 bits per heavy atom. The zero-order valence-corrected chi connectivity index (χ0v) is 10.6. The molecule has 0 aliphatic rings. The van der Waals surface area contributed by atoms with E-state index in [-0.39, 0.29) is 17.9 Å². The van der Waals surface area contributed by atoms with Crippen molar-refractivity contribution in [2.75, 3.05) is 19.8 Å². The second-order valence-electron chi connectivity index (χ2n) is 5.02. The minimum absolute atomic E-state index is 0.0510. The maximum absolute atomic E-state index is 11.3. The SMILES string of the molecule is C#CCCCOCC(=O)NCCC(C)(C)C. The van der Waals surface area contributed by atoms with E-state index in [1.54, 1.807) is 0 Å². The first-order chi connectivity index (χ1) is 7.45. The lowest BCUT2D eigenvalue weighted by Gasteiger charge is -2.17. The fraction of sp³-hybridized carbons (Fsp3) is 0.769. The van der Waals surface area contributed by atoms with Crippen molar-refractivity contribution >= 4 is 5.91 Å². The minimum Gasteiger partial charge on any atom is -0.372 e. The molecule has 1 amide bonds. The second-order valence-corrected chi connectivity index (χ2v) is 5.02. The number of amides is 1. The highest BCUT2D eigenvalue weighted by molar-refractivity contribution is 5.77. The molecule has 0 saturated heterocycles. The largest absolute Gasteiger partial charge is 0.372 e. The summed E-state index contributed by atoms with van der Waals surface area (Å²) in [5.74, 6) is 2.48. The number of carbonyl (C=O) groups is 1. The van der Waals surface area contributed by atoms with Gasteiger partial charge in [0.05, 0.1) is 0 Å². The van der Waals surface area contributed by atoms with Crippen LogP contribution in [-0.2, 0) is 9.53 Å². The van der Waals surface area contributed by atoms with Crippen molar-refractivity contribution in [3.63, 3.8) is 0 Å². The van der Waals surface area contributed by atoms with Gasteiger partial charge >= 0.3 is 0 Å². The lowest BCUT2D eigenvalue weighted by atomic mass is 9.92. The number of hydrogen-bond donors (Lipinski definition) is 1. The van der Waals surface area contributed by atoms with Gasteiger partial charge in [-0.1, -0.05) is 20.8 Å². The molecule has 0 heterocycles. The van der Waals surface area contributed by atoms with E-state index >= 15 is 0 Å². The van der Waals surface area contributed by atoms with Crippen LogP contribution in [0.4, 0.5) is 0 Å². The predicted octanol–water partition coefficient (Wildman–Crippen LogP) is 1.97. The van der Waals surface area contributed by atoms with Crippen molar-refractivity contribution in [2.24, 2.45) is 5.41 Å². The summed E-state index contributed by atoms with van der Waals surface area (Å²) in [7, 11) is 0. The van der Waals surface area contributed by atoms with Crippen molar-refractivity contribution in [1.82, 2.24) is 5.32 Å². The summed E-state index contributed by atoms with van der Waals surface area (Å²) in [6.45, 7) is 7.84. The van der Waals surface area contributed by atoms with Crippen LogP contribution in [0.2, 0.25) is 0 Å². The Labute approximate surface area is 98.9 Å². The molecule has 0 aromatic heterocycles. The van der Waals surface area contributed by atoms with Gasteiger partial charge in [0, 0.05) is 19.6 Å². The summed E-state index contributed by atoms with van der Waals surface area (Å²) in [5.41, 5.74) is 0.251. The molecule has 3 nitrogen and oxygen atoms in total. The van der Waals surface area contributed by atoms with Gasteiger partial charge < -0.3 is 10.1 Å². The average molecular weight is 225 g/mol. The highest BCUT2D eigenvalue weighted by Crippen LogP contribution is 2.16. The van der Waals surface area contributed by atoms with Gasteiger partial charge in [0.25, 0.3) is 0 Å². The monoisotopic (exact) mass is 225 g/mol. The van der Waals surface area contributed by atoms with Crippen LogP contribution in [0.5, 0.6) is 0 Å². The zero-order chi connectivity index (χ0) is 12.4. The molecule has 0 aromatic rings. The number of rotatable bonds is 7. The molecule has 92 valence electrons. The van der Waals surface area contributed by atoms with Crippen molar-refractivity contribution in [3.05, 3.63) is 0 Å². The summed E-state index contributed by atoms with van der Waals surface area (Å²) in [4.78, 5) is 11.3. The first-order valence-electron chi connectivity index (χ1n) is 5.73. The van der Waals surface area contributed by atoms with E-state index in [1.807, 2.05) is 0 Å². The lowest BCUT2D eigenvalue weighted by molar-refractivity contribution is -0.125.